The average molecular weight is 296 g/mol. The van der Waals surface area contributed by atoms with Gasteiger partial charge >= 0.3 is 0 Å². The standard InChI is InChI=1S/C16H24O3S/c1-16(2,3)20(17,18)19-13-8-11-7-12(13)15-10-5-4-9(6-10)14(11)15/h4-5,9-15H,6-8H2,1-3H3. The van der Waals surface area contributed by atoms with E-state index in [2.05, 4.69) is 12.2 Å². The van der Waals surface area contributed by atoms with Gasteiger partial charge in [-0.15, -0.1) is 0 Å². The van der Waals surface area contributed by atoms with Crippen molar-refractivity contribution in [3.8, 4) is 0 Å². The molecule has 7 atom stereocenters. The van der Waals surface area contributed by atoms with E-state index in [1.54, 1.807) is 20.8 Å². The maximum Gasteiger partial charge on any atom is 0.272 e. The zero-order valence-electron chi connectivity index (χ0n) is 12.5. The van der Waals surface area contributed by atoms with E-state index in [0.717, 1.165) is 18.3 Å². The van der Waals surface area contributed by atoms with Crippen molar-refractivity contribution in [3.63, 3.8) is 0 Å². The van der Waals surface area contributed by atoms with E-state index in [-0.39, 0.29) is 6.10 Å². The van der Waals surface area contributed by atoms with Crippen molar-refractivity contribution in [1.29, 1.82) is 0 Å². The Labute approximate surface area is 121 Å². The van der Waals surface area contributed by atoms with Crippen molar-refractivity contribution in [1.82, 2.24) is 0 Å². The molecular formula is C16H24O3S. The molecule has 0 amide bonds. The molecule has 0 aromatic heterocycles. The van der Waals surface area contributed by atoms with E-state index >= 15 is 0 Å². The summed E-state index contributed by atoms with van der Waals surface area (Å²) < 4.78 is 29.4. The molecular weight excluding hydrogens is 272 g/mol. The maximum absolute atomic E-state index is 12.3. The van der Waals surface area contributed by atoms with Crippen LogP contribution >= 0.6 is 0 Å². The SMILES string of the molecule is CC(C)(C)S(=O)(=O)OC1CC2CC1C1C3C=CC(C3)C21. The number of allylic oxidation sites excluding steroid dienone is 2. The summed E-state index contributed by atoms with van der Waals surface area (Å²) in [5, 5.41) is 0. The molecule has 7 unspecified atom stereocenters. The van der Waals surface area contributed by atoms with Crippen molar-refractivity contribution in [2.45, 2.75) is 50.9 Å². The first-order valence-electron chi connectivity index (χ1n) is 7.89. The third-order valence-electron chi connectivity index (χ3n) is 6.21. The summed E-state index contributed by atoms with van der Waals surface area (Å²) in [4.78, 5) is 0. The Morgan fingerprint density at radius 3 is 2.30 bits per heavy atom. The highest BCUT2D eigenvalue weighted by molar-refractivity contribution is 7.88. The van der Waals surface area contributed by atoms with Crippen LogP contribution in [0, 0.1) is 35.5 Å². The summed E-state index contributed by atoms with van der Waals surface area (Å²) in [7, 11) is -3.46. The van der Waals surface area contributed by atoms with Crippen LogP contribution in [0.4, 0.5) is 0 Å². The molecule has 3 nitrogen and oxygen atoms in total. The van der Waals surface area contributed by atoms with Crippen LogP contribution in [0.1, 0.15) is 40.0 Å². The molecule has 0 saturated heterocycles. The van der Waals surface area contributed by atoms with Crippen LogP contribution in [0.25, 0.3) is 0 Å². The molecule has 0 spiro atoms. The fourth-order valence-corrected chi connectivity index (χ4v) is 6.21. The van der Waals surface area contributed by atoms with Crippen LogP contribution in [0.5, 0.6) is 0 Å². The third kappa shape index (κ3) is 1.64. The van der Waals surface area contributed by atoms with Gasteiger partial charge in [0.25, 0.3) is 10.1 Å². The van der Waals surface area contributed by atoms with Gasteiger partial charge in [-0.05, 0) is 75.5 Å². The molecule has 0 aliphatic heterocycles. The molecule has 3 saturated carbocycles. The van der Waals surface area contributed by atoms with Crippen LogP contribution in [0.3, 0.4) is 0 Å². The minimum Gasteiger partial charge on any atom is -0.266 e. The minimum atomic E-state index is -3.46. The van der Waals surface area contributed by atoms with E-state index in [1.165, 1.54) is 12.8 Å². The van der Waals surface area contributed by atoms with Crippen LogP contribution in [-0.2, 0) is 14.3 Å². The summed E-state index contributed by atoms with van der Waals surface area (Å²) in [5.41, 5.74) is 0. The molecule has 0 heterocycles. The molecule has 112 valence electrons. The first kappa shape index (κ1) is 13.3. The van der Waals surface area contributed by atoms with E-state index in [1.807, 2.05) is 0 Å². The number of hydrogen-bond acceptors (Lipinski definition) is 3. The predicted octanol–water partition coefficient (Wildman–Crippen LogP) is 2.98. The summed E-state index contributed by atoms with van der Waals surface area (Å²) in [5.74, 6) is 4.17. The Morgan fingerprint density at radius 1 is 1.00 bits per heavy atom. The molecule has 0 radical (unpaired) electrons. The van der Waals surface area contributed by atoms with Crippen LogP contribution in [0.2, 0.25) is 0 Å². The largest absolute Gasteiger partial charge is 0.272 e. The molecule has 4 bridgehead atoms. The molecule has 4 heteroatoms. The Balaban J connectivity index is 1.56. The van der Waals surface area contributed by atoms with Gasteiger partial charge in [-0.3, -0.25) is 4.18 Å². The highest BCUT2D eigenvalue weighted by Gasteiger charge is 2.62. The first-order chi connectivity index (χ1) is 9.28. The van der Waals surface area contributed by atoms with Gasteiger partial charge in [-0.2, -0.15) is 8.42 Å². The van der Waals surface area contributed by atoms with Crippen molar-refractivity contribution in [2.24, 2.45) is 35.5 Å². The predicted molar refractivity (Wildman–Crippen MR) is 77.5 cm³/mol. The van der Waals surface area contributed by atoms with Crippen molar-refractivity contribution < 1.29 is 12.6 Å². The normalized spacial score (nSPS) is 49.0. The Bertz CT molecular complexity index is 557. The van der Waals surface area contributed by atoms with Crippen molar-refractivity contribution in [2.75, 3.05) is 0 Å². The number of hydrogen-bond donors (Lipinski definition) is 0. The Hall–Kier alpha value is -0.350. The molecule has 0 aromatic carbocycles. The monoisotopic (exact) mass is 296 g/mol. The van der Waals surface area contributed by atoms with Crippen LogP contribution < -0.4 is 0 Å². The van der Waals surface area contributed by atoms with Crippen molar-refractivity contribution in [3.05, 3.63) is 12.2 Å². The lowest BCUT2D eigenvalue weighted by Gasteiger charge is -2.37. The highest BCUT2D eigenvalue weighted by Crippen LogP contribution is 2.66. The van der Waals surface area contributed by atoms with Gasteiger partial charge in [0, 0.05) is 0 Å². The molecule has 4 rings (SSSR count). The topological polar surface area (TPSA) is 43.4 Å². The zero-order chi connectivity index (χ0) is 14.3. The lowest BCUT2D eigenvalue weighted by Crippen LogP contribution is -2.40. The summed E-state index contributed by atoms with van der Waals surface area (Å²) in [6.07, 6.45) is 8.18. The second-order valence-corrected chi connectivity index (χ2v) is 10.5. The number of rotatable bonds is 2. The molecule has 4 aliphatic rings. The number of fused-ring (bicyclic) bond motifs is 9. The Kier molecular flexibility index (Phi) is 2.59. The molecule has 3 fully saturated rings. The average Bonchev–Trinajstić information content (AvgIpc) is 3.04. The quantitative estimate of drug-likeness (QED) is 0.447. The lowest BCUT2D eigenvalue weighted by molar-refractivity contribution is 0.0690. The second kappa shape index (κ2) is 3.89. The van der Waals surface area contributed by atoms with Gasteiger partial charge < -0.3 is 0 Å². The first-order valence-corrected chi connectivity index (χ1v) is 9.30. The molecule has 0 N–H and O–H groups in total. The van der Waals surface area contributed by atoms with Gasteiger partial charge in [-0.25, -0.2) is 0 Å². The zero-order valence-corrected chi connectivity index (χ0v) is 13.3. The van der Waals surface area contributed by atoms with Crippen molar-refractivity contribution >= 4 is 10.1 Å². The third-order valence-corrected chi connectivity index (χ3v) is 8.21. The summed E-state index contributed by atoms with van der Waals surface area (Å²) in [6, 6.07) is 0. The molecule has 20 heavy (non-hydrogen) atoms. The van der Waals surface area contributed by atoms with Gasteiger partial charge in [0.05, 0.1) is 10.9 Å². The van der Waals surface area contributed by atoms with Gasteiger partial charge in [-0.1, -0.05) is 12.2 Å². The van der Waals surface area contributed by atoms with E-state index in [0.29, 0.717) is 23.7 Å². The van der Waals surface area contributed by atoms with Gasteiger partial charge in [0.2, 0.25) is 0 Å². The highest BCUT2D eigenvalue weighted by atomic mass is 32.2. The van der Waals surface area contributed by atoms with Crippen LogP contribution in [-0.4, -0.2) is 19.3 Å². The van der Waals surface area contributed by atoms with E-state index < -0.39 is 14.9 Å². The molecule has 4 aliphatic carbocycles. The summed E-state index contributed by atoms with van der Waals surface area (Å²) >= 11 is 0. The lowest BCUT2D eigenvalue weighted by atomic mass is 9.72. The Morgan fingerprint density at radius 2 is 1.65 bits per heavy atom. The van der Waals surface area contributed by atoms with E-state index in [4.69, 9.17) is 4.18 Å². The maximum atomic E-state index is 12.3. The molecule has 0 aromatic rings. The van der Waals surface area contributed by atoms with Gasteiger partial charge in [0.15, 0.2) is 0 Å². The minimum absolute atomic E-state index is 0.0572. The van der Waals surface area contributed by atoms with Crippen LogP contribution in [0.15, 0.2) is 12.2 Å². The fourth-order valence-electron chi connectivity index (χ4n) is 5.37. The van der Waals surface area contributed by atoms with E-state index in [9.17, 15) is 8.42 Å². The fraction of sp³-hybridized carbons (Fsp3) is 0.875. The smallest absolute Gasteiger partial charge is 0.266 e. The summed E-state index contributed by atoms with van der Waals surface area (Å²) in [6.45, 7) is 5.16. The van der Waals surface area contributed by atoms with Gasteiger partial charge in [0.1, 0.15) is 0 Å². The second-order valence-electron chi connectivity index (χ2n) is 8.20.